The Kier molecular flexibility index (Phi) is 5.32. The first-order chi connectivity index (χ1) is 8.45. The summed E-state index contributed by atoms with van der Waals surface area (Å²) in [6.07, 6.45) is 0.825. The summed E-state index contributed by atoms with van der Waals surface area (Å²) in [5, 5.41) is 10.5. The van der Waals surface area contributed by atoms with Crippen molar-refractivity contribution < 1.29 is 9.84 Å². The fourth-order valence-electron chi connectivity index (χ4n) is 1.86. The first-order valence-corrected chi connectivity index (χ1v) is 6.49. The molecule has 1 rings (SSSR count). The Morgan fingerprint density at radius 3 is 2.33 bits per heavy atom. The summed E-state index contributed by atoms with van der Waals surface area (Å²) in [6, 6.07) is 9.95. The van der Waals surface area contributed by atoms with E-state index in [0.29, 0.717) is 19.8 Å². The summed E-state index contributed by atoms with van der Waals surface area (Å²) in [6.45, 7) is 7.10. The first kappa shape index (κ1) is 15.2. The molecule has 0 aliphatic carbocycles. The molecule has 18 heavy (non-hydrogen) atoms. The molecule has 3 N–H and O–H groups in total. The zero-order chi connectivity index (χ0) is 13.6. The summed E-state index contributed by atoms with van der Waals surface area (Å²) in [4.78, 5) is 0. The van der Waals surface area contributed by atoms with E-state index >= 15 is 0 Å². The van der Waals surface area contributed by atoms with Crippen molar-refractivity contribution in [3.05, 3.63) is 35.9 Å². The van der Waals surface area contributed by atoms with E-state index < -0.39 is 5.60 Å². The predicted octanol–water partition coefficient (Wildman–Crippen LogP) is 2.33. The highest BCUT2D eigenvalue weighted by Crippen LogP contribution is 2.33. The maximum absolute atomic E-state index is 10.5. The highest BCUT2D eigenvalue weighted by molar-refractivity contribution is 5.13. The Hall–Kier alpha value is -0.900. The van der Waals surface area contributed by atoms with Gasteiger partial charge in [-0.15, -0.1) is 0 Å². The largest absolute Gasteiger partial charge is 0.387 e. The molecule has 1 aromatic carbocycles. The molecule has 0 aliphatic rings. The van der Waals surface area contributed by atoms with Crippen LogP contribution >= 0.6 is 0 Å². The molecule has 0 aromatic heterocycles. The normalized spacial score (nSPS) is 18.1. The minimum Gasteiger partial charge on any atom is -0.387 e. The Balaban J connectivity index is 2.52. The third-order valence-electron chi connectivity index (χ3n) is 4.03. The van der Waals surface area contributed by atoms with Crippen LogP contribution in [-0.2, 0) is 11.3 Å². The van der Waals surface area contributed by atoms with Gasteiger partial charge in [-0.2, -0.15) is 0 Å². The third-order valence-corrected chi connectivity index (χ3v) is 4.03. The Bertz CT molecular complexity index is 345. The van der Waals surface area contributed by atoms with E-state index in [0.717, 1.165) is 12.0 Å². The molecule has 3 nitrogen and oxygen atoms in total. The van der Waals surface area contributed by atoms with Crippen LogP contribution < -0.4 is 5.73 Å². The van der Waals surface area contributed by atoms with E-state index in [9.17, 15) is 5.11 Å². The van der Waals surface area contributed by atoms with Crippen LogP contribution in [0.1, 0.15) is 32.8 Å². The van der Waals surface area contributed by atoms with Crippen LogP contribution in [0.3, 0.4) is 0 Å². The summed E-state index contributed by atoms with van der Waals surface area (Å²) >= 11 is 0. The second-order valence-electron chi connectivity index (χ2n) is 5.37. The topological polar surface area (TPSA) is 55.5 Å². The summed E-state index contributed by atoms with van der Waals surface area (Å²) in [7, 11) is 0. The van der Waals surface area contributed by atoms with E-state index in [1.54, 1.807) is 6.92 Å². The molecule has 0 bridgehead atoms. The van der Waals surface area contributed by atoms with Gasteiger partial charge in [0.05, 0.1) is 18.8 Å². The fourth-order valence-corrected chi connectivity index (χ4v) is 1.86. The van der Waals surface area contributed by atoms with Crippen molar-refractivity contribution in [2.75, 3.05) is 13.2 Å². The fraction of sp³-hybridized carbons (Fsp3) is 0.600. The zero-order valence-corrected chi connectivity index (χ0v) is 11.6. The number of nitrogens with two attached hydrogens (primary N) is 1. The molecule has 3 heteroatoms. The van der Waals surface area contributed by atoms with Crippen molar-refractivity contribution in [1.82, 2.24) is 0 Å². The van der Waals surface area contributed by atoms with Crippen LogP contribution in [0.4, 0.5) is 0 Å². The van der Waals surface area contributed by atoms with Gasteiger partial charge >= 0.3 is 0 Å². The maximum Gasteiger partial charge on any atom is 0.0917 e. The van der Waals surface area contributed by atoms with Crippen molar-refractivity contribution in [1.29, 1.82) is 0 Å². The van der Waals surface area contributed by atoms with Gasteiger partial charge in [0.25, 0.3) is 0 Å². The van der Waals surface area contributed by atoms with Crippen molar-refractivity contribution in [2.45, 2.75) is 39.4 Å². The number of hydrogen-bond donors (Lipinski definition) is 2. The molecule has 102 valence electrons. The number of hydrogen-bond acceptors (Lipinski definition) is 3. The molecule has 2 atom stereocenters. The summed E-state index contributed by atoms with van der Waals surface area (Å²) in [5.74, 6) is 0. The quantitative estimate of drug-likeness (QED) is 0.782. The molecule has 2 unspecified atom stereocenters. The highest BCUT2D eigenvalue weighted by Gasteiger charge is 2.40. The second kappa shape index (κ2) is 6.32. The Morgan fingerprint density at radius 2 is 1.83 bits per heavy atom. The molecular formula is C15H25NO2. The predicted molar refractivity (Wildman–Crippen MR) is 74.2 cm³/mol. The van der Waals surface area contributed by atoms with Crippen LogP contribution in [0.5, 0.6) is 0 Å². The number of rotatable bonds is 7. The SMILES string of the molecule is CCC(C)(CN)C(C)(O)COCc1ccccc1. The van der Waals surface area contributed by atoms with E-state index in [2.05, 4.69) is 0 Å². The third kappa shape index (κ3) is 3.55. The highest BCUT2D eigenvalue weighted by atomic mass is 16.5. The number of aliphatic hydroxyl groups is 1. The van der Waals surface area contributed by atoms with E-state index in [1.807, 2.05) is 44.2 Å². The average molecular weight is 251 g/mol. The van der Waals surface area contributed by atoms with Crippen LogP contribution in [0, 0.1) is 5.41 Å². The lowest BCUT2D eigenvalue weighted by Gasteiger charge is -2.41. The van der Waals surface area contributed by atoms with Gasteiger partial charge in [0.2, 0.25) is 0 Å². The lowest BCUT2D eigenvalue weighted by molar-refractivity contribution is -0.115. The summed E-state index contributed by atoms with van der Waals surface area (Å²) < 4.78 is 5.63. The molecule has 0 fully saturated rings. The Labute approximate surface area is 110 Å². The van der Waals surface area contributed by atoms with E-state index in [-0.39, 0.29) is 5.41 Å². The van der Waals surface area contributed by atoms with Gasteiger partial charge in [-0.3, -0.25) is 0 Å². The lowest BCUT2D eigenvalue weighted by Crippen LogP contribution is -2.51. The number of ether oxygens (including phenoxy) is 1. The Morgan fingerprint density at radius 1 is 1.22 bits per heavy atom. The van der Waals surface area contributed by atoms with Gasteiger partial charge in [-0.05, 0) is 18.9 Å². The van der Waals surface area contributed by atoms with Crippen LogP contribution in [0.15, 0.2) is 30.3 Å². The standard InChI is InChI=1S/C15H25NO2/c1-4-14(2,11-16)15(3,17)12-18-10-13-8-6-5-7-9-13/h5-9,17H,4,10-12,16H2,1-3H3. The molecular weight excluding hydrogens is 226 g/mol. The molecule has 0 amide bonds. The van der Waals surface area contributed by atoms with Crippen molar-refractivity contribution in [3.63, 3.8) is 0 Å². The number of benzene rings is 1. The van der Waals surface area contributed by atoms with Gasteiger partial charge in [0.15, 0.2) is 0 Å². The van der Waals surface area contributed by atoms with E-state index in [4.69, 9.17) is 10.5 Å². The van der Waals surface area contributed by atoms with Crippen molar-refractivity contribution >= 4 is 0 Å². The zero-order valence-electron chi connectivity index (χ0n) is 11.6. The summed E-state index contributed by atoms with van der Waals surface area (Å²) in [5.41, 5.74) is 5.65. The molecule has 1 aromatic rings. The molecule has 0 saturated carbocycles. The maximum atomic E-state index is 10.5. The van der Waals surface area contributed by atoms with E-state index in [1.165, 1.54) is 0 Å². The van der Waals surface area contributed by atoms with Gasteiger partial charge in [-0.1, -0.05) is 44.2 Å². The molecule has 0 heterocycles. The van der Waals surface area contributed by atoms with Crippen LogP contribution in [-0.4, -0.2) is 23.9 Å². The minimum atomic E-state index is -0.911. The van der Waals surface area contributed by atoms with Gasteiger partial charge in [-0.25, -0.2) is 0 Å². The average Bonchev–Trinajstić information content (AvgIpc) is 2.38. The van der Waals surface area contributed by atoms with Crippen molar-refractivity contribution in [2.24, 2.45) is 11.1 Å². The van der Waals surface area contributed by atoms with Gasteiger partial charge in [0.1, 0.15) is 0 Å². The lowest BCUT2D eigenvalue weighted by atomic mass is 9.73. The second-order valence-corrected chi connectivity index (χ2v) is 5.37. The molecule has 0 spiro atoms. The molecule has 0 aliphatic heterocycles. The van der Waals surface area contributed by atoms with Crippen molar-refractivity contribution in [3.8, 4) is 0 Å². The smallest absolute Gasteiger partial charge is 0.0917 e. The van der Waals surface area contributed by atoms with Gasteiger partial charge in [0, 0.05) is 12.0 Å². The van der Waals surface area contributed by atoms with Crippen LogP contribution in [0.25, 0.3) is 0 Å². The molecule has 0 saturated heterocycles. The molecule has 0 radical (unpaired) electrons. The van der Waals surface area contributed by atoms with Gasteiger partial charge < -0.3 is 15.6 Å². The minimum absolute atomic E-state index is 0.295. The van der Waals surface area contributed by atoms with Crippen LogP contribution in [0.2, 0.25) is 0 Å². The first-order valence-electron chi connectivity index (χ1n) is 6.49. The monoisotopic (exact) mass is 251 g/mol.